The zero-order valence-corrected chi connectivity index (χ0v) is 11.8. The van der Waals surface area contributed by atoms with E-state index in [2.05, 4.69) is 0 Å². The SMILES string of the molecule is CC#N.CC#N.CC#N.CC#N.[Cu+].[O-][Cl+3]([O-])([O-])[O-]. The van der Waals surface area contributed by atoms with Crippen molar-refractivity contribution in [2.45, 2.75) is 27.7 Å². The summed E-state index contributed by atoms with van der Waals surface area (Å²) in [7, 11) is -4.94. The molecule has 0 N–H and O–H groups in total. The Hall–Kier alpha value is -1.39. The first-order chi connectivity index (χ1) is 7.66. The van der Waals surface area contributed by atoms with Crippen LogP contribution in [-0.4, -0.2) is 0 Å². The minimum absolute atomic E-state index is 0. The smallest absolute Gasteiger partial charge is 0.222 e. The molecular formula is C8H12ClCuN4O4. The van der Waals surface area contributed by atoms with E-state index in [1.807, 2.05) is 0 Å². The van der Waals surface area contributed by atoms with Gasteiger partial charge in [0.2, 0.25) is 0 Å². The van der Waals surface area contributed by atoms with Gasteiger partial charge < -0.3 is 0 Å². The summed E-state index contributed by atoms with van der Waals surface area (Å²) in [6, 6.07) is 7.00. The van der Waals surface area contributed by atoms with Gasteiger partial charge in [-0.3, -0.25) is 0 Å². The summed E-state index contributed by atoms with van der Waals surface area (Å²) in [4.78, 5) is 0. The molecular weight excluding hydrogens is 315 g/mol. The monoisotopic (exact) mass is 326 g/mol. The maximum Gasteiger partial charge on any atom is 1.00 e. The third-order valence-corrected chi connectivity index (χ3v) is 0. The van der Waals surface area contributed by atoms with Crippen molar-refractivity contribution in [3.05, 3.63) is 0 Å². The molecule has 0 aromatic carbocycles. The zero-order valence-electron chi connectivity index (χ0n) is 10.1. The molecule has 0 heterocycles. The molecule has 0 saturated carbocycles. The molecule has 8 nitrogen and oxygen atoms in total. The van der Waals surface area contributed by atoms with Crippen LogP contribution >= 0.6 is 0 Å². The normalized spacial score (nSPS) is 5.11. The Balaban J connectivity index is -0.0000000252. The van der Waals surface area contributed by atoms with Gasteiger partial charge in [0.15, 0.2) is 0 Å². The molecule has 0 rings (SSSR count). The predicted molar refractivity (Wildman–Crippen MR) is 45.1 cm³/mol. The fraction of sp³-hybridized carbons (Fsp3) is 0.500. The molecule has 18 heavy (non-hydrogen) atoms. The van der Waals surface area contributed by atoms with E-state index in [-0.39, 0.29) is 17.1 Å². The molecule has 10 heteroatoms. The minimum Gasteiger partial charge on any atom is -0.222 e. The molecule has 0 radical (unpaired) electrons. The van der Waals surface area contributed by atoms with Crippen LogP contribution in [0.4, 0.5) is 0 Å². The van der Waals surface area contributed by atoms with Gasteiger partial charge in [-0.2, -0.15) is 21.0 Å². The summed E-state index contributed by atoms with van der Waals surface area (Å²) < 4.78 is 34.0. The predicted octanol–water partition coefficient (Wildman–Crippen LogP) is -2.64. The molecule has 0 saturated heterocycles. The van der Waals surface area contributed by atoms with Gasteiger partial charge in [-0.15, -0.1) is 10.2 Å². The molecule has 0 amide bonds. The average molecular weight is 327 g/mol. The van der Waals surface area contributed by atoms with E-state index in [4.69, 9.17) is 39.7 Å². The van der Waals surface area contributed by atoms with Crippen LogP contribution in [0.25, 0.3) is 0 Å². The van der Waals surface area contributed by atoms with Crippen LogP contribution in [0.3, 0.4) is 0 Å². The third kappa shape index (κ3) is 1400. The first-order valence-corrected chi connectivity index (χ1v) is 4.75. The molecule has 0 aromatic rings. The van der Waals surface area contributed by atoms with Crippen LogP contribution in [0, 0.1) is 55.6 Å². The first kappa shape index (κ1) is 36.0. The molecule has 0 aliphatic rings. The Morgan fingerprint density at radius 2 is 0.611 bits per heavy atom. The second kappa shape index (κ2) is 44.9. The molecule has 0 aliphatic heterocycles. The maximum atomic E-state index is 8.49. The van der Waals surface area contributed by atoms with E-state index in [1.165, 1.54) is 27.7 Å². The fourth-order valence-electron chi connectivity index (χ4n) is 0. The summed E-state index contributed by atoms with van der Waals surface area (Å²) >= 11 is 0. The number of nitriles is 4. The summed E-state index contributed by atoms with van der Waals surface area (Å²) in [6.07, 6.45) is 0. The molecule has 0 bridgehead atoms. The second-order valence-electron chi connectivity index (χ2n) is 1.27. The largest absolute Gasteiger partial charge is 1.00 e. The zero-order chi connectivity index (χ0) is 15.3. The second-order valence-corrected chi connectivity index (χ2v) is 2.03. The fourth-order valence-corrected chi connectivity index (χ4v) is 0. The van der Waals surface area contributed by atoms with Gasteiger partial charge in [-0.1, -0.05) is 0 Å². The van der Waals surface area contributed by atoms with E-state index in [9.17, 15) is 0 Å². The molecule has 0 atom stereocenters. The van der Waals surface area contributed by atoms with Crippen molar-refractivity contribution in [1.82, 2.24) is 0 Å². The molecule has 0 aliphatic carbocycles. The quantitative estimate of drug-likeness (QED) is 0.431. The standard InChI is InChI=1S/4C2H3N.ClHO4.Cu/c4*1-2-3;2-1(3,4)5;/h4*1H3;(H,2,3,4,5);/q;;;;;+1/p-1. The van der Waals surface area contributed by atoms with Crippen molar-refractivity contribution < 1.29 is 45.9 Å². The summed E-state index contributed by atoms with van der Waals surface area (Å²) in [5.41, 5.74) is 0. The van der Waals surface area contributed by atoms with Gasteiger partial charge in [0.05, 0.1) is 24.3 Å². The van der Waals surface area contributed by atoms with Gasteiger partial charge in [-0.25, -0.2) is 18.6 Å². The van der Waals surface area contributed by atoms with Gasteiger partial charge in [0, 0.05) is 27.7 Å². The molecule has 0 fully saturated rings. The maximum absolute atomic E-state index is 8.49. The van der Waals surface area contributed by atoms with Crippen molar-refractivity contribution in [3.63, 3.8) is 0 Å². The minimum atomic E-state index is -4.94. The Morgan fingerprint density at radius 3 is 0.611 bits per heavy atom. The molecule has 0 spiro atoms. The summed E-state index contributed by atoms with van der Waals surface area (Å²) in [6.45, 7) is 5.72. The van der Waals surface area contributed by atoms with Gasteiger partial charge in [0.1, 0.15) is 0 Å². The molecule has 0 unspecified atom stereocenters. The van der Waals surface area contributed by atoms with Gasteiger partial charge >= 0.3 is 17.1 Å². The first-order valence-electron chi connectivity index (χ1n) is 3.51. The van der Waals surface area contributed by atoms with Crippen LogP contribution in [0.2, 0.25) is 0 Å². The van der Waals surface area contributed by atoms with E-state index in [0.717, 1.165) is 0 Å². The van der Waals surface area contributed by atoms with E-state index in [1.54, 1.807) is 24.3 Å². The van der Waals surface area contributed by atoms with E-state index >= 15 is 0 Å². The Bertz CT molecular complexity index is 228. The van der Waals surface area contributed by atoms with Gasteiger partial charge in [0.25, 0.3) is 0 Å². The van der Waals surface area contributed by atoms with E-state index < -0.39 is 10.2 Å². The van der Waals surface area contributed by atoms with Crippen LogP contribution in [-0.2, 0) is 17.1 Å². The summed E-state index contributed by atoms with van der Waals surface area (Å²) in [5.74, 6) is 0. The van der Waals surface area contributed by atoms with Crippen molar-refractivity contribution >= 4 is 0 Å². The van der Waals surface area contributed by atoms with Crippen LogP contribution < -0.4 is 18.6 Å². The number of nitrogens with zero attached hydrogens (tertiary/aromatic N) is 4. The third-order valence-electron chi connectivity index (χ3n) is 0. The van der Waals surface area contributed by atoms with Crippen molar-refractivity contribution in [1.29, 1.82) is 21.0 Å². The Kier molecular flexibility index (Phi) is 89.8. The molecule has 0 aromatic heterocycles. The Labute approximate surface area is 119 Å². The van der Waals surface area contributed by atoms with Crippen molar-refractivity contribution in [2.24, 2.45) is 0 Å². The number of halogens is 1. The van der Waals surface area contributed by atoms with Crippen LogP contribution in [0.1, 0.15) is 27.7 Å². The van der Waals surface area contributed by atoms with Crippen molar-refractivity contribution in [2.75, 3.05) is 0 Å². The molecule has 106 valence electrons. The topological polar surface area (TPSA) is 187 Å². The average Bonchev–Trinajstić information content (AvgIpc) is 2.04. The van der Waals surface area contributed by atoms with Crippen LogP contribution in [0.15, 0.2) is 0 Å². The van der Waals surface area contributed by atoms with Gasteiger partial charge in [-0.05, 0) is 0 Å². The number of hydrogen-bond acceptors (Lipinski definition) is 8. The van der Waals surface area contributed by atoms with Crippen LogP contribution in [0.5, 0.6) is 0 Å². The van der Waals surface area contributed by atoms with E-state index in [0.29, 0.717) is 0 Å². The number of rotatable bonds is 0. The Morgan fingerprint density at radius 1 is 0.611 bits per heavy atom. The van der Waals surface area contributed by atoms with Crippen molar-refractivity contribution in [3.8, 4) is 24.3 Å². The number of hydrogen-bond donors (Lipinski definition) is 0. The summed E-state index contributed by atoms with van der Waals surface area (Å²) in [5, 5.41) is 29.3.